The Morgan fingerprint density at radius 3 is 3.05 bits per heavy atom. The Morgan fingerprint density at radius 1 is 1.37 bits per heavy atom. The normalized spacial score (nSPS) is 10.9. The van der Waals surface area contributed by atoms with Crippen LogP contribution in [0.4, 0.5) is 15.9 Å². The first-order valence-electron chi connectivity index (χ1n) is 5.66. The molecule has 0 saturated heterocycles. The van der Waals surface area contributed by atoms with Crippen molar-refractivity contribution in [3.63, 3.8) is 0 Å². The van der Waals surface area contributed by atoms with Gasteiger partial charge in [-0.3, -0.25) is 0 Å². The Kier molecular flexibility index (Phi) is 2.94. The van der Waals surface area contributed by atoms with Gasteiger partial charge in [0, 0.05) is 24.3 Å². The van der Waals surface area contributed by atoms with Gasteiger partial charge in [-0.2, -0.15) is 0 Å². The third-order valence-corrected chi connectivity index (χ3v) is 3.18. The van der Waals surface area contributed by atoms with Crippen molar-refractivity contribution in [2.45, 2.75) is 6.92 Å². The van der Waals surface area contributed by atoms with E-state index in [0.29, 0.717) is 21.8 Å². The van der Waals surface area contributed by atoms with Crippen LogP contribution in [-0.2, 0) is 0 Å². The van der Waals surface area contributed by atoms with E-state index in [1.807, 2.05) is 23.7 Å². The molecule has 3 aromatic rings. The predicted octanol–water partition coefficient (Wildman–Crippen LogP) is 3.68. The van der Waals surface area contributed by atoms with E-state index in [2.05, 4.69) is 31.2 Å². The van der Waals surface area contributed by atoms with Gasteiger partial charge in [0.15, 0.2) is 11.5 Å². The van der Waals surface area contributed by atoms with Gasteiger partial charge >= 0.3 is 0 Å². The molecule has 1 aromatic carbocycles. The molecule has 0 bridgehead atoms. The fourth-order valence-electron chi connectivity index (χ4n) is 1.84. The average molecular weight is 321 g/mol. The first-order chi connectivity index (χ1) is 9.13. The lowest BCUT2D eigenvalue weighted by molar-refractivity contribution is 0.628. The number of fused-ring (bicyclic) bond motifs is 1. The molecule has 3 rings (SSSR count). The minimum atomic E-state index is -0.289. The molecule has 1 N–H and O–H groups in total. The van der Waals surface area contributed by atoms with E-state index < -0.39 is 0 Å². The Balaban J connectivity index is 2.10. The van der Waals surface area contributed by atoms with Gasteiger partial charge in [0.1, 0.15) is 10.4 Å². The fraction of sp³-hybridized carbons (Fsp3) is 0.0769. The molecule has 0 saturated carbocycles. The number of benzene rings is 1. The zero-order valence-electron chi connectivity index (χ0n) is 10.1. The summed E-state index contributed by atoms with van der Waals surface area (Å²) in [5.74, 6) is 0.288. The highest BCUT2D eigenvalue weighted by molar-refractivity contribution is 9.10. The molecule has 6 heteroatoms. The second-order valence-corrected chi connectivity index (χ2v) is 4.97. The summed E-state index contributed by atoms with van der Waals surface area (Å²) < 4.78 is 15.8. The van der Waals surface area contributed by atoms with Crippen molar-refractivity contribution in [2.75, 3.05) is 5.32 Å². The highest BCUT2D eigenvalue weighted by Gasteiger charge is 2.08. The number of halogens is 2. The van der Waals surface area contributed by atoms with E-state index >= 15 is 0 Å². The molecule has 0 radical (unpaired) electrons. The molecule has 0 aliphatic heterocycles. The Labute approximate surface area is 117 Å². The standard InChI is InChI=1S/C13H10BrFN4/c1-8-2-3-9(15)6-10(8)17-12-13-16-4-5-19(13)7-11(14)18-12/h2-7H,1H3,(H,17,18). The second-order valence-electron chi connectivity index (χ2n) is 4.15. The number of anilines is 2. The number of hydrogen-bond acceptors (Lipinski definition) is 3. The summed E-state index contributed by atoms with van der Waals surface area (Å²) in [5, 5.41) is 3.12. The first-order valence-corrected chi connectivity index (χ1v) is 6.45. The maximum atomic E-state index is 13.3. The predicted molar refractivity (Wildman–Crippen MR) is 75.1 cm³/mol. The Hall–Kier alpha value is -1.95. The summed E-state index contributed by atoms with van der Waals surface area (Å²) in [6.07, 6.45) is 5.32. The summed E-state index contributed by atoms with van der Waals surface area (Å²) >= 11 is 3.34. The van der Waals surface area contributed by atoms with Crippen molar-refractivity contribution in [1.82, 2.24) is 14.4 Å². The highest BCUT2D eigenvalue weighted by Crippen LogP contribution is 2.24. The monoisotopic (exact) mass is 320 g/mol. The first kappa shape index (κ1) is 12.1. The summed E-state index contributed by atoms with van der Waals surface area (Å²) in [6.45, 7) is 1.91. The fourth-order valence-corrected chi connectivity index (χ4v) is 2.24. The molecule has 19 heavy (non-hydrogen) atoms. The molecule has 0 spiro atoms. The minimum absolute atomic E-state index is 0.289. The molecule has 4 nitrogen and oxygen atoms in total. The number of nitrogens with one attached hydrogen (secondary N) is 1. The van der Waals surface area contributed by atoms with Crippen molar-refractivity contribution in [3.8, 4) is 0 Å². The van der Waals surface area contributed by atoms with Crippen LogP contribution in [0.1, 0.15) is 5.56 Å². The maximum absolute atomic E-state index is 13.3. The SMILES string of the molecule is Cc1ccc(F)cc1Nc1nc(Br)cn2ccnc12. The largest absolute Gasteiger partial charge is 0.337 e. The van der Waals surface area contributed by atoms with Gasteiger partial charge in [-0.25, -0.2) is 14.4 Å². The number of nitrogens with zero attached hydrogens (tertiary/aromatic N) is 3. The lowest BCUT2D eigenvalue weighted by Gasteiger charge is -2.10. The third-order valence-electron chi connectivity index (χ3n) is 2.80. The molecular weight excluding hydrogens is 311 g/mol. The molecule has 0 unspecified atom stereocenters. The summed E-state index contributed by atoms with van der Waals surface area (Å²) in [4.78, 5) is 8.57. The Bertz CT molecular complexity index is 753. The second kappa shape index (κ2) is 4.62. The number of aromatic nitrogens is 3. The third kappa shape index (κ3) is 2.31. The molecule has 96 valence electrons. The van der Waals surface area contributed by atoms with Crippen LogP contribution in [0.15, 0.2) is 41.4 Å². The number of aryl methyl sites for hydroxylation is 1. The molecular formula is C13H10BrFN4. The summed E-state index contributed by atoms with van der Waals surface area (Å²) in [6, 6.07) is 4.59. The quantitative estimate of drug-likeness (QED) is 0.783. The van der Waals surface area contributed by atoms with Crippen LogP contribution in [0.5, 0.6) is 0 Å². The number of rotatable bonds is 2. The smallest absolute Gasteiger partial charge is 0.180 e. The van der Waals surface area contributed by atoms with E-state index in [9.17, 15) is 4.39 Å². The lowest BCUT2D eigenvalue weighted by Crippen LogP contribution is -2.00. The van der Waals surface area contributed by atoms with Crippen LogP contribution in [0.25, 0.3) is 5.65 Å². The van der Waals surface area contributed by atoms with Crippen LogP contribution in [-0.4, -0.2) is 14.4 Å². The molecule has 0 aliphatic rings. The van der Waals surface area contributed by atoms with Crippen molar-refractivity contribution < 1.29 is 4.39 Å². The minimum Gasteiger partial charge on any atom is -0.337 e. The van der Waals surface area contributed by atoms with Crippen LogP contribution in [0, 0.1) is 12.7 Å². The summed E-state index contributed by atoms with van der Waals surface area (Å²) in [5.41, 5.74) is 2.30. The maximum Gasteiger partial charge on any atom is 0.180 e. The molecule has 2 heterocycles. The van der Waals surface area contributed by atoms with E-state index in [1.54, 1.807) is 12.3 Å². The van der Waals surface area contributed by atoms with Gasteiger partial charge in [-0.05, 0) is 40.5 Å². The van der Waals surface area contributed by atoms with Crippen molar-refractivity contribution in [1.29, 1.82) is 0 Å². The van der Waals surface area contributed by atoms with E-state index in [1.165, 1.54) is 12.1 Å². The molecule has 0 atom stereocenters. The molecule has 0 amide bonds. The Morgan fingerprint density at radius 2 is 2.21 bits per heavy atom. The average Bonchev–Trinajstić information content (AvgIpc) is 2.82. The number of imidazole rings is 1. The van der Waals surface area contributed by atoms with Crippen molar-refractivity contribution >= 4 is 33.1 Å². The van der Waals surface area contributed by atoms with Gasteiger partial charge < -0.3 is 9.72 Å². The highest BCUT2D eigenvalue weighted by atomic mass is 79.9. The van der Waals surface area contributed by atoms with E-state index in [-0.39, 0.29) is 5.82 Å². The molecule has 2 aromatic heterocycles. The van der Waals surface area contributed by atoms with Gasteiger partial charge in [-0.1, -0.05) is 6.07 Å². The van der Waals surface area contributed by atoms with Crippen molar-refractivity contribution in [3.05, 3.63) is 52.8 Å². The van der Waals surface area contributed by atoms with Crippen LogP contribution >= 0.6 is 15.9 Å². The van der Waals surface area contributed by atoms with Crippen molar-refractivity contribution in [2.24, 2.45) is 0 Å². The van der Waals surface area contributed by atoms with Crippen LogP contribution in [0.2, 0.25) is 0 Å². The lowest BCUT2D eigenvalue weighted by atomic mass is 10.2. The zero-order valence-corrected chi connectivity index (χ0v) is 11.6. The summed E-state index contributed by atoms with van der Waals surface area (Å²) in [7, 11) is 0. The van der Waals surface area contributed by atoms with Crippen LogP contribution in [0.3, 0.4) is 0 Å². The molecule has 0 aliphatic carbocycles. The van der Waals surface area contributed by atoms with Gasteiger partial charge in [-0.15, -0.1) is 0 Å². The van der Waals surface area contributed by atoms with E-state index in [0.717, 1.165) is 5.56 Å². The topological polar surface area (TPSA) is 42.2 Å². The number of hydrogen-bond donors (Lipinski definition) is 1. The van der Waals surface area contributed by atoms with E-state index in [4.69, 9.17) is 0 Å². The molecule has 0 fully saturated rings. The van der Waals surface area contributed by atoms with Crippen LogP contribution < -0.4 is 5.32 Å². The van der Waals surface area contributed by atoms with Gasteiger partial charge in [0.2, 0.25) is 0 Å². The zero-order chi connectivity index (χ0) is 13.4. The van der Waals surface area contributed by atoms with Gasteiger partial charge in [0.25, 0.3) is 0 Å². The van der Waals surface area contributed by atoms with Gasteiger partial charge in [0.05, 0.1) is 0 Å².